The van der Waals surface area contributed by atoms with Crippen molar-refractivity contribution in [3.63, 3.8) is 0 Å². The average molecular weight is 462 g/mol. The summed E-state index contributed by atoms with van der Waals surface area (Å²) in [6, 6.07) is 22.2. The Morgan fingerprint density at radius 2 is 1.51 bits per heavy atom. The lowest BCUT2D eigenvalue weighted by molar-refractivity contribution is -0.696. The molecule has 0 saturated carbocycles. The number of aromatic nitrogens is 2. The van der Waals surface area contributed by atoms with Crippen LogP contribution in [0.3, 0.4) is 0 Å². The van der Waals surface area contributed by atoms with Crippen molar-refractivity contribution in [1.29, 1.82) is 0 Å². The van der Waals surface area contributed by atoms with E-state index in [1.54, 1.807) is 0 Å². The Kier molecular flexibility index (Phi) is 6.09. The number of rotatable bonds is 5. The first-order valence-electron chi connectivity index (χ1n) is 13.1. The van der Waals surface area contributed by atoms with Crippen molar-refractivity contribution in [3.05, 3.63) is 94.7 Å². The Balaban J connectivity index is 1.90. The maximum Gasteiger partial charge on any atom is 0.239 e. The fourth-order valence-corrected chi connectivity index (χ4v) is 6.43. The molecule has 1 aliphatic heterocycles. The Labute approximate surface area is 210 Å². The predicted octanol–water partition coefficient (Wildman–Crippen LogP) is 8.07. The van der Waals surface area contributed by atoms with Gasteiger partial charge in [-0.05, 0) is 69.9 Å². The molecule has 2 heteroatoms. The van der Waals surface area contributed by atoms with E-state index >= 15 is 0 Å². The van der Waals surface area contributed by atoms with Gasteiger partial charge in [-0.1, -0.05) is 79.4 Å². The number of nitrogens with zero attached hydrogens (tertiary/aromatic N) is 2. The van der Waals surface area contributed by atoms with Gasteiger partial charge in [-0.15, -0.1) is 0 Å². The molecule has 0 N–H and O–H groups in total. The van der Waals surface area contributed by atoms with Gasteiger partial charge in [0.1, 0.15) is 11.4 Å². The lowest BCUT2D eigenvalue weighted by Gasteiger charge is -2.37. The molecule has 0 bridgehead atoms. The maximum absolute atomic E-state index is 5.37. The second kappa shape index (κ2) is 9.07. The van der Waals surface area contributed by atoms with Crippen LogP contribution in [-0.4, -0.2) is 4.98 Å². The van der Waals surface area contributed by atoms with Gasteiger partial charge in [0, 0.05) is 11.1 Å². The van der Waals surface area contributed by atoms with E-state index < -0.39 is 0 Å². The molecule has 4 aromatic rings. The molecule has 178 valence electrons. The molecule has 0 radical (unpaired) electrons. The minimum absolute atomic E-state index is 0.134. The SMILES string of the molecule is CCCC1(CC)C[n+]2cc(-c3ccccc3)nc(-c3cc(C)cc(C)c3)c2-c2cc(C)cc(C)c21. The van der Waals surface area contributed by atoms with Crippen LogP contribution in [0.4, 0.5) is 0 Å². The van der Waals surface area contributed by atoms with Crippen molar-refractivity contribution >= 4 is 0 Å². The summed E-state index contributed by atoms with van der Waals surface area (Å²) in [6.07, 6.45) is 5.80. The topological polar surface area (TPSA) is 16.8 Å². The highest BCUT2D eigenvalue weighted by atomic mass is 15.0. The normalized spacial score (nSPS) is 16.6. The number of hydrogen-bond acceptors (Lipinski definition) is 1. The number of aryl methyl sites for hydroxylation is 4. The van der Waals surface area contributed by atoms with Crippen LogP contribution in [-0.2, 0) is 12.0 Å². The van der Waals surface area contributed by atoms with E-state index in [2.05, 4.69) is 113 Å². The van der Waals surface area contributed by atoms with Gasteiger partial charge in [-0.25, -0.2) is 4.98 Å². The van der Waals surface area contributed by atoms with Crippen LogP contribution in [0.25, 0.3) is 33.8 Å². The Bertz CT molecular complexity index is 1380. The highest BCUT2D eigenvalue weighted by molar-refractivity contribution is 5.81. The van der Waals surface area contributed by atoms with Gasteiger partial charge in [-0.2, -0.15) is 4.57 Å². The van der Waals surface area contributed by atoms with Crippen LogP contribution in [0.15, 0.2) is 66.9 Å². The zero-order chi connectivity index (χ0) is 24.7. The highest BCUT2D eigenvalue weighted by Crippen LogP contribution is 2.46. The van der Waals surface area contributed by atoms with Crippen LogP contribution in [0, 0.1) is 27.7 Å². The zero-order valence-corrected chi connectivity index (χ0v) is 22.1. The highest BCUT2D eigenvalue weighted by Gasteiger charge is 2.45. The largest absolute Gasteiger partial charge is 0.239 e. The van der Waals surface area contributed by atoms with Crippen LogP contribution >= 0.6 is 0 Å². The van der Waals surface area contributed by atoms with Gasteiger partial charge >= 0.3 is 0 Å². The van der Waals surface area contributed by atoms with Crippen LogP contribution in [0.2, 0.25) is 0 Å². The first kappa shape index (κ1) is 23.5. The van der Waals surface area contributed by atoms with Gasteiger partial charge in [-0.3, -0.25) is 0 Å². The summed E-state index contributed by atoms with van der Waals surface area (Å²) in [6.45, 7) is 14.6. The van der Waals surface area contributed by atoms with E-state index in [1.165, 1.54) is 57.5 Å². The van der Waals surface area contributed by atoms with Crippen LogP contribution in [0.5, 0.6) is 0 Å². The average Bonchev–Trinajstić information content (AvgIpc) is 2.83. The first-order chi connectivity index (χ1) is 16.8. The van der Waals surface area contributed by atoms with Gasteiger partial charge in [0.2, 0.25) is 5.69 Å². The third kappa shape index (κ3) is 4.10. The summed E-state index contributed by atoms with van der Waals surface area (Å²) in [5.74, 6) is 0. The predicted molar refractivity (Wildman–Crippen MR) is 147 cm³/mol. The quantitative estimate of drug-likeness (QED) is 0.275. The van der Waals surface area contributed by atoms with Crippen molar-refractivity contribution in [2.45, 2.75) is 72.8 Å². The standard InChI is InChI=1S/C33H37N2/c1-7-14-33(8-2)21-35-20-29(26-12-10-9-11-13-26)34-31(27-17-22(3)15-23(4)18-27)32(35)28-19-24(5)16-25(6)30(28)33/h9-13,15-20H,7-8,14,21H2,1-6H3/q+1. The fourth-order valence-electron chi connectivity index (χ4n) is 6.43. The third-order valence-corrected chi connectivity index (χ3v) is 7.73. The minimum atomic E-state index is 0.134. The van der Waals surface area contributed by atoms with Crippen molar-refractivity contribution < 1.29 is 4.57 Å². The van der Waals surface area contributed by atoms with Gasteiger partial charge in [0.15, 0.2) is 12.7 Å². The van der Waals surface area contributed by atoms with Gasteiger partial charge in [0.05, 0.1) is 11.0 Å². The molecule has 0 amide bonds. The lowest BCUT2D eigenvalue weighted by atomic mass is 9.68. The third-order valence-electron chi connectivity index (χ3n) is 7.73. The second-order valence-corrected chi connectivity index (χ2v) is 10.6. The monoisotopic (exact) mass is 461 g/mol. The summed E-state index contributed by atoms with van der Waals surface area (Å²) in [5.41, 5.74) is 14.1. The van der Waals surface area contributed by atoms with E-state index in [-0.39, 0.29) is 5.41 Å². The molecule has 0 aliphatic carbocycles. The molecule has 2 heterocycles. The van der Waals surface area contributed by atoms with Gasteiger partial charge < -0.3 is 0 Å². The first-order valence-corrected chi connectivity index (χ1v) is 13.1. The molecule has 5 rings (SSSR count). The van der Waals surface area contributed by atoms with E-state index in [1.807, 2.05) is 0 Å². The van der Waals surface area contributed by atoms with E-state index in [4.69, 9.17) is 4.98 Å². The second-order valence-electron chi connectivity index (χ2n) is 10.6. The van der Waals surface area contributed by atoms with Crippen molar-refractivity contribution in [2.75, 3.05) is 0 Å². The molecule has 1 unspecified atom stereocenters. The molecule has 3 aromatic carbocycles. The molecule has 0 fully saturated rings. The van der Waals surface area contributed by atoms with Crippen molar-refractivity contribution in [1.82, 2.24) is 4.98 Å². The van der Waals surface area contributed by atoms with Crippen molar-refractivity contribution in [3.8, 4) is 33.8 Å². The van der Waals surface area contributed by atoms with Crippen molar-refractivity contribution in [2.24, 2.45) is 0 Å². The smallest absolute Gasteiger partial charge is 0.234 e. The Morgan fingerprint density at radius 3 is 2.17 bits per heavy atom. The number of fused-ring (bicyclic) bond motifs is 3. The van der Waals surface area contributed by atoms with Crippen LogP contribution in [0.1, 0.15) is 60.9 Å². The van der Waals surface area contributed by atoms with E-state index in [9.17, 15) is 0 Å². The summed E-state index contributed by atoms with van der Waals surface area (Å²) >= 11 is 0. The lowest BCUT2D eigenvalue weighted by Crippen LogP contribution is -2.52. The maximum atomic E-state index is 5.37. The molecule has 1 aromatic heterocycles. The summed E-state index contributed by atoms with van der Waals surface area (Å²) in [7, 11) is 0. The number of hydrogen-bond donors (Lipinski definition) is 0. The molecule has 35 heavy (non-hydrogen) atoms. The molecule has 0 saturated heterocycles. The van der Waals surface area contributed by atoms with E-state index in [0.29, 0.717) is 0 Å². The molecule has 1 atom stereocenters. The van der Waals surface area contributed by atoms with Gasteiger partial charge in [0.25, 0.3) is 0 Å². The summed E-state index contributed by atoms with van der Waals surface area (Å²) in [4.78, 5) is 5.37. The Morgan fingerprint density at radius 1 is 0.829 bits per heavy atom. The van der Waals surface area contributed by atoms with E-state index in [0.717, 1.165) is 29.9 Å². The summed E-state index contributed by atoms with van der Waals surface area (Å²) < 4.78 is 2.53. The fraction of sp³-hybridized carbons (Fsp3) is 0.333. The number of benzene rings is 3. The Hall–Kier alpha value is -3.26. The molecular formula is C33H37N2+. The molecule has 2 nitrogen and oxygen atoms in total. The molecule has 1 aliphatic rings. The van der Waals surface area contributed by atoms with Crippen LogP contribution < -0.4 is 4.57 Å². The minimum Gasteiger partial charge on any atom is -0.234 e. The summed E-state index contributed by atoms with van der Waals surface area (Å²) in [5, 5.41) is 0. The molecular weight excluding hydrogens is 424 g/mol. The zero-order valence-electron chi connectivity index (χ0n) is 22.1. The molecule has 0 spiro atoms.